The first kappa shape index (κ1) is 13.0. The second kappa shape index (κ2) is 4.68. The number of hydrogen-bond acceptors (Lipinski definition) is 5. The van der Waals surface area contributed by atoms with E-state index in [2.05, 4.69) is 25.7 Å². The van der Waals surface area contributed by atoms with Crippen molar-refractivity contribution in [1.82, 2.24) is 25.1 Å². The van der Waals surface area contributed by atoms with Crippen LogP contribution in [-0.2, 0) is 7.05 Å². The van der Waals surface area contributed by atoms with Gasteiger partial charge >= 0.3 is 0 Å². The fourth-order valence-corrected chi connectivity index (χ4v) is 3.42. The lowest BCUT2D eigenvalue weighted by atomic mass is 9.62. The Kier molecular flexibility index (Phi) is 2.90. The van der Waals surface area contributed by atoms with E-state index < -0.39 is 0 Å². The van der Waals surface area contributed by atoms with E-state index in [4.69, 9.17) is 11.6 Å². The molecule has 1 saturated heterocycles. The van der Waals surface area contributed by atoms with Crippen LogP contribution in [-0.4, -0.2) is 38.9 Å². The number of hydrogen-bond donors (Lipinski definition) is 2. The van der Waals surface area contributed by atoms with Gasteiger partial charge in [0.2, 0.25) is 5.95 Å². The molecule has 0 aromatic carbocycles. The topological polar surface area (TPSA) is 67.7 Å². The zero-order valence-corrected chi connectivity index (χ0v) is 12.6. The predicted octanol–water partition coefficient (Wildman–Crippen LogP) is 1.69. The Morgan fingerprint density at radius 2 is 2.19 bits per heavy atom. The van der Waals surface area contributed by atoms with Gasteiger partial charge in [-0.3, -0.25) is 4.68 Å². The Hall–Kier alpha value is -1.66. The van der Waals surface area contributed by atoms with Crippen molar-refractivity contribution in [3.8, 4) is 11.3 Å². The third-order valence-electron chi connectivity index (χ3n) is 4.41. The van der Waals surface area contributed by atoms with Crippen LogP contribution in [0, 0.1) is 5.41 Å². The van der Waals surface area contributed by atoms with Gasteiger partial charge in [-0.1, -0.05) is 11.6 Å². The molecule has 7 heteroatoms. The van der Waals surface area contributed by atoms with E-state index in [0.717, 1.165) is 24.3 Å². The average molecular weight is 305 g/mol. The molecule has 6 nitrogen and oxygen atoms in total. The summed E-state index contributed by atoms with van der Waals surface area (Å²) in [6.45, 7) is 2.29. The van der Waals surface area contributed by atoms with Crippen LogP contribution in [0.3, 0.4) is 0 Å². The molecule has 3 heterocycles. The monoisotopic (exact) mass is 304 g/mol. The summed E-state index contributed by atoms with van der Waals surface area (Å²) in [6, 6.07) is 0.468. The van der Waals surface area contributed by atoms with Crippen LogP contribution < -0.4 is 10.6 Å². The molecule has 0 bridgehead atoms. The van der Waals surface area contributed by atoms with E-state index >= 15 is 0 Å². The van der Waals surface area contributed by atoms with Crippen LogP contribution >= 0.6 is 11.6 Å². The molecule has 0 unspecified atom stereocenters. The van der Waals surface area contributed by atoms with E-state index in [0.29, 0.717) is 22.4 Å². The lowest BCUT2D eigenvalue weighted by molar-refractivity contribution is 0.0468. The van der Waals surface area contributed by atoms with Gasteiger partial charge < -0.3 is 10.6 Å². The van der Waals surface area contributed by atoms with Gasteiger partial charge in [-0.05, 0) is 18.3 Å². The van der Waals surface area contributed by atoms with Gasteiger partial charge in [0.25, 0.3) is 0 Å². The van der Waals surface area contributed by atoms with Gasteiger partial charge in [0.15, 0.2) is 0 Å². The first-order chi connectivity index (χ1) is 10.1. The van der Waals surface area contributed by atoms with Gasteiger partial charge in [0, 0.05) is 37.9 Å². The van der Waals surface area contributed by atoms with Crippen molar-refractivity contribution < 1.29 is 0 Å². The van der Waals surface area contributed by atoms with Crippen molar-refractivity contribution in [3.63, 3.8) is 0 Å². The van der Waals surface area contributed by atoms with Crippen molar-refractivity contribution in [1.29, 1.82) is 0 Å². The Morgan fingerprint density at radius 1 is 1.38 bits per heavy atom. The molecule has 1 aliphatic heterocycles. The molecule has 2 aromatic heterocycles. The number of rotatable bonds is 3. The van der Waals surface area contributed by atoms with E-state index in [1.54, 1.807) is 17.1 Å². The summed E-state index contributed by atoms with van der Waals surface area (Å²) in [5.74, 6) is 0.644. The van der Waals surface area contributed by atoms with Crippen molar-refractivity contribution in [2.75, 3.05) is 18.4 Å². The average Bonchev–Trinajstić information content (AvgIpc) is 2.79. The number of nitrogens with one attached hydrogen (secondary N) is 2. The molecule has 1 aliphatic carbocycles. The van der Waals surface area contributed by atoms with E-state index in [-0.39, 0.29) is 0 Å². The maximum Gasteiger partial charge on any atom is 0.223 e. The first-order valence-electron chi connectivity index (χ1n) is 7.12. The molecular formula is C14H17ClN6. The number of halogens is 1. The number of aromatic nitrogens is 4. The minimum atomic E-state index is 0.468. The molecule has 0 amide bonds. The minimum Gasteiger partial charge on any atom is -0.351 e. The summed E-state index contributed by atoms with van der Waals surface area (Å²) in [4.78, 5) is 8.83. The van der Waals surface area contributed by atoms with Crippen LogP contribution in [0.4, 0.5) is 5.95 Å². The molecule has 2 aliphatic rings. The fourth-order valence-electron chi connectivity index (χ4n) is 3.22. The number of anilines is 1. The standard InChI is InChI=1S/C14H17ClN6/c1-21-6-9(4-18-21)12-11(15)5-17-13(20-12)19-10-2-14(3-10)7-16-8-14/h4-6,10,16H,2-3,7-8H2,1H3,(H,17,19,20). The highest BCUT2D eigenvalue weighted by Gasteiger charge is 2.48. The quantitative estimate of drug-likeness (QED) is 0.903. The first-order valence-corrected chi connectivity index (χ1v) is 7.50. The number of nitrogens with zero attached hydrogens (tertiary/aromatic N) is 4. The van der Waals surface area contributed by atoms with Gasteiger partial charge in [0.05, 0.1) is 23.1 Å². The summed E-state index contributed by atoms with van der Waals surface area (Å²) < 4.78 is 1.74. The molecule has 4 rings (SSSR count). The molecule has 110 valence electrons. The second-order valence-corrected chi connectivity index (χ2v) is 6.55. The van der Waals surface area contributed by atoms with Gasteiger partial charge in [-0.2, -0.15) is 5.10 Å². The maximum atomic E-state index is 6.20. The Labute approximate surface area is 127 Å². The molecule has 1 saturated carbocycles. The largest absolute Gasteiger partial charge is 0.351 e. The molecule has 2 aromatic rings. The zero-order chi connectivity index (χ0) is 14.4. The van der Waals surface area contributed by atoms with Crippen LogP contribution in [0.1, 0.15) is 12.8 Å². The minimum absolute atomic E-state index is 0.468. The van der Waals surface area contributed by atoms with Gasteiger partial charge in [-0.25, -0.2) is 9.97 Å². The predicted molar refractivity (Wildman–Crippen MR) is 81.2 cm³/mol. The van der Waals surface area contributed by atoms with E-state index in [1.165, 1.54) is 12.8 Å². The third-order valence-corrected chi connectivity index (χ3v) is 4.69. The van der Waals surface area contributed by atoms with Gasteiger partial charge in [-0.15, -0.1) is 0 Å². The normalized spacial score (nSPS) is 20.1. The lowest BCUT2D eigenvalue weighted by Crippen LogP contribution is -2.63. The van der Waals surface area contributed by atoms with E-state index in [9.17, 15) is 0 Å². The highest BCUT2D eigenvalue weighted by atomic mass is 35.5. The van der Waals surface area contributed by atoms with Gasteiger partial charge in [0.1, 0.15) is 0 Å². The summed E-state index contributed by atoms with van der Waals surface area (Å²) in [5.41, 5.74) is 2.17. The SMILES string of the molecule is Cn1cc(-c2nc(NC3CC4(CNC4)C3)ncc2Cl)cn1. The fraction of sp³-hybridized carbons (Fsp3) is 0.500. The highest BCUT2D eigenvalue weighted by molar-refractivity contribution is 6.32. The van der Waals surface area contributed by atoms with Crippen LogP contribution in [0.2, 0.25) is 5.02 Å². The molecular weight excluding hydrogens is 288 g/mol. The Bertz CT molecular complexity index is 670. The smallest absolute Gasteiger partial charge is 0.223 e. The lowest BCUT2D eigenvalue weighted by Gasteiger charge is -2.54. The number of aryl methyl sites for hydroxylation is 1. The summed E-state index contributed by atoms with van der Waals surface area (Å²) >= 11 is 6.20. The molecule has 2 fully saturated rings. The summed E-state index contributed by atoms with van der Waals surface area (Å²) in [7, 11) is 1.87. The maximum absolute atomic E-state index is 6.20. The van der Waals surface area contributed by atoms with Crippen molar-refractivity contribution >= 4 is 17.5 Å². The highest BCUT2D eigenvalue weighted by Crippen LogP contribution is 2.45. The van der Waals surface area contributed by atoms with Crippen molar-refractivity contribution in [2.45, 2.75) is 18.9 Å². The molecule has 0 radical (unpaired) electrons. The third kappa shape index (κ3) is 2.28. The molecule has 2 N–H and O–H groups in total. The zero-order valence-electron chi connectivity index (χ0n) is 11.8. The van der Waals surface area contributed by atoms with Crippen molar-refractivity contribution in [2.24, 2.45) is 12.5 Å². The van der Waals surface area contributed by atoms with E-state index in [1.807, 2.05) is 13.2 Å². The second-order valence-electron chi connectivity index (χ2n) is 6.15. The molecule has 0 atom stereocenters. The Balaban J connectivity index is 1.51. The van der Waals surface area contributed by atoms with Crippen molar-refractivity contribution in [3.05, 3.63) is 23.6 Å². The summed E-state index contributed by atoms with van der Waals surface area (Å²) in [6.07, 6.45) is 7.69. The van der Waals surface area contributed by atoms with Crippen LogP contribution in [0.5, 0.6) is 0 Å². The van der Waals surface area contributed by atoms with Crippen LogP contribution in [0.15, 0.2) is 18.6 Å². The molecule has 1 spiro atoms. The Morgan fingerprint density at radius 3 is 2.81 bits per heavy atom. The van der Waals surface area contributed by atoms with Crippen LogP contribution in [0.25, 0.3) is 11.3 Å². The summed E-state index contributed by atoms with van der Waals surface area (Å²) in [5, 5.41) is 11.5. The molecule has 21 heavy (non-hydrogen) atoms.